The number of hydrogen-bond acceptors (Lipinski definition) is 6. The van der Waals surface area contributed by atoms with Crippen molar-refractivity contribution in [3.8, 4) is 17.0 Å². The summed E-state index contributed by atoms with van der Waals surface area (Å²) in [7, 11) is 1.96. The van der Waals surface area contributed by atoms with Crippen LogP contribution in [-0.2, 0) is 18.3 Å². The Labute approximate surface area is 210 Å². The largest absolute Gasteiger partial charge is 0.474 e. The third kappa shape index (κ3) is 4.22. The number of nitrogens with one attached hydrogen (secondary N) is 1. The Hall–Kier alpha value is -3.43. The van der Waals surface area contributed by atoms with Gasteiger partial charge in [0.2, 0.25) is 5.88 Å². The van der Waals surface area contributed by atoms with Crippen LogP contribution in [0.4, 0.5) is 0 Å². The fraction of sp³-hybridized carbons (Fsp3) is 0.444. The van der Waals surface area contributed by atoms with Crippen molar-refractivity contribution in [2.45, 2.75) is 39.3 Å². The number of H-pyrrole nitrogens is 1. The first-order valence-corrected chi connectivity index (χ1v) is 12.8. The van der Waals surface area contributed by atoms with Gasteiger partial charge in [-0.1, -0.05) is 6.07 Å². The number of ether oxygens (including phenoxy) is 2. The molecule has 4 aromatic rings. The summed E-state index contributed by atoms with van der Waals surface area (Å²) in [5.41, 5.74) is 7.15. The zero-order valence-electron chi connectivity index (χ0n) is 21.2. The Kier molecular flexibility index (Phi) is 6.10. The maximum Gasteiger partial charge on any atom is 0.240 e. The number of aromatic amines is 1. The molecule has 1 aromatic carbocycles. The quantitative estimate of drug-likeness (QED) is 0.466. The highest BCUT2D eigenvalue weighted by Gasteiger charge is 2.21. The van der Waals surface area contributed by atoms with Gasteiger partial charge in [0.1, 0.15) is 6.61 Å². The average Bonchev–Trinajstić information content (AvgIpc) is 3.66. The maximum atomic E-state index is 6.20. The van der Waals surface area contributed by atoms with E-state index in [0.717, 1.165) is 57.8 Å². The van der Waals surface area contributed by atoms with Crippen LogP contribution in [0.15, 0.2) is 24.4 Å². The fourth-order valence-electron chi connectivity index (χ4n) is 5.38. The highest BCUT2D eigenvalue weighted by molar-refractivity contribution is 5.93. The van der Waals surface area contributed by atoms with Crippen molar-refractivity contribution in [3.05, 3.63) is 47.0 Å². The van der Waals surface area contributed by atoms with E-state index in [1.165, 1.54) is 25.9 Å². The third-order valence-corrected chi connectivity index (χ3v) is 7.42. The van der Waals surface area contributed by atoms with Crippen molar-refractivity contribution < 1.29 is 9.47 Å². The standard InChI is InChI=1S/C27H33N7O2/c1-18-21-7-9-25-22-16-20(6-8-24(22)29-30-25)23-17-28-32(3)26(23)19(2)35-14-15-36-27(21)31-34(18)13-12-33-10-4-5-11-33/h6-9,16-17,19H,4-5,10-15H2,1-3H3,(H,29,30). The van der Waals surface area contributed by atoms with Crippen LogP contribution in [0.2, 0.25) is 0 Å². The molecule has 36 heavy (non-hydrogen) atoms. The van der Waals surface area contributed by atoms with E-state index in [2.05, 4.69) is 69.1 Å². The summed E-state index contributed by atoms with van der Waals surface area (Å²) in [5, 5.41) is 18.1. The molecular formula is C27H33N7O2. The lowest BCUT2D eigenvalue weighted by molar-refractivity contribution is 0.0387. The molecule has 0 radical (unpaired) electrons. The Bertz CT molecular complexity index is 1410. The molecule has 9 nitrogen and oxygen atoms in total. The SMILES string of the molecule is Cc1c2c(nn1CCN1CCCC1)OCCOC(C)c1c(cnn1C)-c1ccc3n[nH]c(c3c1)C=C2. The Morgan fingerprint density at radius 2 is 1.97 bits per heavy atom. The van der Waals surface area contributed by atoms with Crippen LogP contribution in [0.5, 0.6) is 5.88 Å². The molecule has 1 saturated heterocycles. The summed E-state index contributed by atoms with van der Waals surface area (Å²) in [6.45, 7) is 9.27. The Morgan fingerprint density at radius 1 is 1.11 bits per heavy atom. The molecule has 0 amide bonds. The van der Waals surface area contributed by atoms with Gasteiger partial charge in [0.05, 0.1) is 47.9 Å². The van der Waals surface area contributed by atoms with Gasteiger partial charge in [0.25, 0.3) is 0 Å². The molecule has 3 aromatic heterocycles. The van der Waals surface area contributed by atoms with Gasteiger partial charge in [-0.2, -0.15) is 10.2 Å². The van der Waals surface area contributed by atoms with Gasteiger partial charge in [0, 0.05) is 30.2 Å². The molecule has 2 bridgehead atoms. The number of rotatable bonds is 3. The second-order valence-electron chi connectivity index (χ2n) is 9.71. The highest BCUT2D eigenvalue weighted by Crippen LogP contribution is 2.33. The van der Waals surface area contributed by atoms with Crippen molar-refractivity contribution >= 4 is 23.1 Å². The molecular weight excluding hydrogens is 454 g/mol. The average molecular weight is 488 g/mol. The van der Waals surface area contributed by atoms with Gasteiger partial charge in [-0.05, 0) is 69.6 Å². The first kappa shape index (κ1) is 23.0. The van der Waals surface area contributed by atoms with Crippen molar-refractivity contribution in [1.29, 1.82) is 0 Å². The summed E-state index contributed by atoms with van der Waals surface area (Å²) >= 11 is 0. The number of benzene rings is 1. The summed E-state index contributed by atoms with van der Waals surface area (Å²) in [6, 6.07) is 6.32. The fourth-order valence-corrected chi connectivity index (χ4v) is 5.38. The molecule has 2 aliphatic heterocycles. The predicted molar refractivity (Wildman–Crippen MR) is 140 cm³/mol. The molecule has 0 spiro atoms. The van der Waals surface area contributed by atoms with E-state index in [1.54, 1.807) is 0 Å². The Balaban J connectivity index is 1.39. The zero-order valence-corrected chi connectivity index (χ0v) is 21.2. The van der Waals surface area contributed by atoms with Crippen LogP contribution in [0.25, 0.3) is 34.2 Å². The number of aryl methyl sites for hydroxylation is 1. The monoisotopic (exact) mass is 487 g/mol. The first-order valence-electron chi connectivity index (χ1n) is 12.8. The van der Waals surface area contributed by atoms with Gasteiger partial charge in [-0.15, -0.1) is 5.10 Å². The lowest BCUT2D eigenvalue weighted by atomic mass is 10.0. The summed E-state index contributed by atoms with van der Waals surface area (Å²) in [5.74, 6) is 0.641. The molecule has 2 aliphatic rings. The normalized spacial score (nSPS) is 18.7. The van der Waals surface area contributed by atoms with Crippen LogP contribution < -0.4 is 4.74 Å². The van der Waals surface area contributed by atoms with Crippen LogP contribution >= 0.6 is 0 Å². The summed E-state index contributed by atoms with van der Waals surface area (Å²) in [4.78, 5) is 2.51. The van der Waals surface area contributed by atoms with Gasteiger partial charge in [-0.25, -0.2) is 0 Å². The van der Waals surface area contributed by atoms with Gasteiger partial charge in [-0.3, -0.25) is 14.5 Å². The molecule has 6 rings (SSSR count). The highest BCUT2D eigenvalue weighted by atomic mass is 16.5. The number of hydrogen-bond donors (Lipinski definition) is 1. The van der Waals surface area contributed by atoms with E-state index < -0.39 is 0 Å². The lowest BCUT2D eigenvalue weighted by Crippen LogP contribution is -2.24. The van der Waals surface area contributed by atoms with Crippen LogP contribution in [0, 0.1) is 6.92 Å². The van der Waals surface area contributed by atoms with Crippen LogP contribution in [0.3, 0.4) is 0 Å². The predicted octanol–water partition coefficient (Wildman–Crippen LogP) is 4.20. The molecule has 5 heterocycles. The van der Waals surface area contributed by atoms with Gasteiger partial charge < -0.3 is 14.4 Å². The Morgan fingerprint density at radius 3 is 2.83 bits per heavy atom. The topological polar surface area (TPSA) is 86.0 Å². The lowest BCUT2D eigenvalue weighted by Gasteiger charge is -2.16. The molecule has 1 fully saturated rings. The van der Waals surface area contributed by atoms with E-state index >= 15 is 0 Å². The van der Waals surface area contributed by atoms with Crippen LogP contribution in [0.1, 0.15) is 48.5 Å². The molecule has 1 N–H and O–H groups in total. The molecule has 1 unspecified atom stereocenters. The second kappa shape index (κ2) is 9.55. The summed E-state index contributed by atoms with van der Waals surface area (Å²) in [6.07, 6.45) is 8.51. The van der Waals surface area contributed by atoms with Gasteiger partial charge in [0.15, 0.2) is 0 Å². The molecule has 9 heteroatoms. The van der Waals surface area contributed by atoms with E-state index in [9.17, 15) is 0 Å². The minimum Gasteiger partial charge on any atom is -0.474 e. The third-order valence-electron chi connectivity index (χ3n) is 7.42. The van der Waals surface area contributed by atoms with Crippen molar-refractivity contribution in [3.63, 3.8) is 0 Å². The first-order chi connectivity index (χ1) is 17.6. The molecule has 0 aliphatic carbocycles. The number of fused-ring (bicyclic) bond motifs is 4. The van der Waals surface area contributed by atoms with Crippen LogP contribution in [-0.4, -0.2) is 67.5 Å². The van der Waals surface area contributed by atoms with E-state index in [0.29, 0.717) is 19.1 Å². The van der Waals surface area contributed by atoms with Crippen molar-refractivity contribution in [1.82, 2.24) is 34.7 Å². The molecule has 1 atom stereocenters. The zero-order chi connectivity index (χ0) is 24.6. The smallest absolute Gasteiger partial charge is 0.240 e. The molecule has 188 valence electrons. The summed E-state index contributed by atoms with van der Waals surface area (Å²) < 4.78 is 16.3. The van der Waals surface area contributed by atoms with Crippen molar-refractivity contribution in [2.24, 2.45) is 7.05 Å². The number of aromatic nitrogens is 6. The molecule has 0 saturated carbocycles. The second-order valence-corrected chi connectivity index (χ2v) is 9.71. The van der Waals surface area contributed by atoms with E-state index in [1.807, 2.05) is 17.9 Å². The number of likely N-dealkylation sites (tertiary alicyclic amines) is 1. The minimum absolute atomic E-state index is 0.141. The van der Waals surface area contributed by atoms with Crippen molar-refractivity contribution in [2.75, 3.05) is 32.8 Å². The number of nitrogens with zero attached hydrogens (tertiary/aromatic N) is 6. The van der Waals surface area contributed by atoms with E-state index in [4.69, 9.17) is 14.6 Å². The van der Waals surface area contributed by atoms with E-state index in [-0.39, 0.29) is 6.10 Å². The minimum atomic E-state index is -0.141. The maximum absolute atomic E-state index is 6.20. The van der Waals surface area contributed by atoms with Gasteiger partial charge >= 0.3 is 0 Å².